The van der Waals surface area contributed by atoms with Gasteiger partial charge in [-0.25, -0.2) is 4.98 Å². The quantitative estimate of drug-likeness (QED) is 0.352. The summed E-state index contributed by atoms with van der Waals surface area (Å²) in [5.41, 5.74) is 3.32. The molecule has 0 saturated carbocycles. The van der Waals surface area contributed by atoms with Crippen molar-refractivity contribution in [2.45, 2.75) is 45.1 Å². The first-order valence-corrected chi connectivity index (χ1v) is 12.9. The maximum absolute atomic E-state index is 12.2. The summed E-state index contributed by atoms with van der Waals surface area (Å²) in [6, 6.07) is 13.4. The second kappa shape index (κ2) is 11.4. The number of carbonyl (C=O) groups excluding carboxylic acids is 1. The summed E-state index contributed by atoms with van der Waals surface area (Å²) in [7, 11) is 3.25. The molecule has 1 saturated heterocycles. The minimum absolute atomic E-state index is 0.202. The van der Waals surface area contributed by atoms with Crippen LogP contribution in [0.25, 0.3) is 0 Å². The Morgan fingerprint density at radius 1 is 1.08 bits per heavy atom. The van der Waals surface area contributed by atoms with E-state index in [-0.39, 0.29) is 11.4 Å². The molecule has 0 radical (unpaired) electrons. The Balaban J connectivity index is 1.51. The highest BCUT2D eigenvalue weighted by Gasteiger charge is 2.28. The number of para-hydroxylation sites is 1. The van der Waals surface area contributed by atoms with Crippen molar-refractivity contribution in [1.82, 2.24) is 20.2 Å². The second-order valence-corrected chi connectivity index (χ2v) is 10.6. The monoisotopic (exact) mass is 522 g/mol. The highest BCUT2D eigenvalue weighted by atomic mass is 35.5. The first kappa shape index (κ1) is 26.7. The number of methoxy groups -OCH3 is 1. The van der Waals surface area contributed by atoms with Gasteiger partial charge in [-0.1, -0.05) is 29.8 Å². The predicted molar refractivity (Wildman–Crippen MR) is 150 cm³/mol. The number of nitrogens with zero attached hydrogens (tertiary/aromatic N) is 3. The Hall–Kier alpha value is -3.36. The van der Waals surface area contributed by atoms with Crippen molar-refractivity contribution in [1.29, 1.82) is 0 Å². The number of ether oxygens (including phenoxy) is 1. The van der Waals surface area contributed by atoms with Crippen molar-refractivity contribution in [2.24, 2.45) is 0 Å². The fourth-order valence-electron chi connectivity index (χ4n) is 4.64. The highest BCUT2D eigenvalue weighted by Crippen LogP contribution is 2.36. The van der Waals surface area contributed by atoms with Gasteiger partial charge in [0.1, 0.15) is 10.8 Å². The molecule has 0 unspecified atom stereocenters. The van der Waals surface area contributed by atoms with E-state index in [1.54, 1.807) is 32.4 Å². The van der Waals surface area contributed by atoms with Gasteiger partial charge in [0.05, 0.1) is 30.2 Å². The van der Waals surface area contributed by atoms with Crippen LogP contribution in [-0.2, 0) is 0 Å². The maximum Gasteiger partial charge on any atom is 0.253 e. The zero-order valence-corrected chi connectivity index (χ0v) is 22.8. The molecule has 4 rings (SSSR count). The largest absolute Gasteiger partial charge is 0.495 e. The van der Waals surface area contributed by atoms with Crippen LogP contribution in [-0.4, -0.2) is 53.6 Å². The molecule has 9 heteroatoms. The number of halogens is 1. The van der Waals surface area contributed by atoms with E-state index in [1.807, 2.05) is 12.1 Å². The average molecular weight is 523 g/mol. The summed E-state index contributed by atoms with van der Waals surface area (Å²) in [4.78, 5) is 23.7. The minimum Gasteiger partial charge on any atom is -0.495 e. The SMILES string of the molecule is CNC(=O)c1ccccc1Nc1nc(Nc2ccc(C3CCN(C(C)(C)C)CC3)cc2OC)ncc1Cl. The van der Waals surface area contributed by atoms with Crippen molar-refractivity contribution in [3.63, 3.8) is 0 Å². The van der Waals surface area contributed by atoms with Gasteiger partial charge in [-0.2, -0.15) is 4.98 Å². The lowest BCUT2D eigenvalue weighted by Gasteiger charge is -2.41. The summed E-state index contributed by atoms with van der Waals surface area (Å²) in [6.07, 6.45) is 3.77. The average Bonchev–Trinajstić information content (AvgIpc) is 2.90. The lowest BCUT2D eigenvalue weighted by atomic mass is 9.87. The van der Waals surface area contributed by atoms with Gasteiger partial charge in [0.15, 0.2) is 5.82 Å². The predicted octanol–water partition coefficient (Wildman–Crippen LogP) is 5.96. The van der Waals surface area contributed by atoms with Crippen LogP contribution in [0.4, 0.5) is 23.1 Å². The molecule has 196 valence electrons. The van der Waals surface area contributed by atoms with Gasteiger partial charge >= 0.3 is 0 Å². The zero-order valence-electron chi connectivity index (χ0n) is 22.1. The Bertz CT molecular complexity index is 1250. The van der Waals surface area contributed by atoms with Gasteiger partial charge in [0, 0.05) is 12.6 Å². The summed E-state index contributed by atoms with van der Waals surface area (Å²) in [5, 5.41) is 9.38. The Kier molecular flexibility index (Phi) is 8.19. The van der Waals surface area contributed by atoms with Crippen LogP contribution >= 0.6 is 11.6 Å². The summed E-state index contributed by atoms with van der Waals surface area (Å²) < 4.78 is 5.71. The van der Waals surface area contributed by atoms with Crippen LogP contribution in [0.2, 0.25) is 5.02 Å². The molecule has 37 heavy (non-hydrogen) atoms. The van der Waals surface area contributed by atoms with Gasteiger partial charge in [-0.05, 0) is 82.4 Å². The first-order chi connectivity index (χ1) is 17.7. The fourth-order valence-corrected chi connectivity index (χ4v) is 4.77. The number of aromatic nitrogens is 2. The normalized spacial score (nSPS) is 14.8. The van der Waals surface area contributed by atoms with E-state index >= 15 is 0 Å². The number of rotatable bonds is 7. The van der Waals surface area contributed by atoms with Gasteiger partial charge < -0.3 is 20.7 Å². The van der Waals surface area contributed by atoms with E-state index in [2.05, 4.69) is 63.7 Å². The minimum atomic E-state index is -0.208. The van der Waals surface area contributed by atoms with Crippen molar-refractivity contribution >= 4 is 40.6 Å². The number of piperidine rings is 1. The molecule has 1 aliphatic heterocycles. The summed E-state index contributed by atoms with van der Waals surface area (Å²) >= 11 is 6.37. The lowest BCUT2D eigenvalue weighted by Crippen LogP contribution is -2.45. The molecule has 0 spiro atoms. The molecule has 3 N–H and O–H groups in total. The third kappa shape index (κ3) is 6.32. The molecule has 0 atom stereocenters. The molecule has 8 nitrogen and oxygen atoms in total. The fraction of sp³-hybridized carbons (Fsp3) is 0.393. The molecule has 2 heterocycles. The summed E-state index contributed by atoms with van der Waals surface area (Å²) in [6.45, 7) is 9.01. The Morgan fingerprint density at radius 3 is 2.49 bits per heavy atom. The standard InChI is InChI=1S/C28H35ClN6O2/c1-28(2,3)35-14-12-18(13-15-35)19-10-11-23(24(16-19)37-5)33-27-31-17-21(29)25(34-27)32-22-9-7-6-8-20(22)26(36)30-4/h6-11,16-18H,12-15H2,1-5H3,(H,30,36)(H2,31,32,33,34). The Morgan fingerprint density at radius 2 is 1.81 bits per heavy atom. The number of amides is 1. The molecule has 2 aromatic carbocycles. The smallest absolute Gasteiger partial charge is 0.253 e. The van der Waals surface area contributed by atoms with Crippen LogP contribution in [0, 0.1) is 0 Å². The molecule has 1 aliphatic rings. The third-order valence-corrected chi connectivity index (χ3v) is 7.06. The van der Waals surface area contributed by atoms with Crippen LogP contribution in [0.15, 0.2) is 48.7 Å². The zero-order chi connectivity index (χ0) is 26.6. The molecule has 1 aromatic heterocycles. The summed E-state index contributed by atoms with van der Waals surface area (Å²) in [5.74, 6) is 1.77. The van der Waals surface area contributed by atoms with E-state index in [1.165, 1.54) is 11.8 Å². The van der Waals surface area contributed by atoms with Crippen molar-refractivity contribution in [3.8, 4) is 5.75 Å². The van der Waals surface area contributed by atoms with Crippen LogP contribution < -0.4 is 20.7 Å². The van der Waals surface area contributed by atoms with Crippen LogP contribution in [0.5, 0.6) is 5.75 Å². The second-order valence-electron chi connectivity index (χ2n) is 10.2. The molecule has 0 aliphatic carbocycles. The van der Waals surface area contributed by atoms with Gasteiger partial charge in [0.2, 0.25) is 5.95 Å². The van der Waals surface area contributed by atoms with Crippen molar-refractivity contribution < 1.29 is 9.53 Å². The molecule has 3 aromatic rings. The van der Waals surface area contributed by atoms with Crippen molar-refractivity contribution in [2.75, 3.05) is 37.9 Å². The third-order valence-electron chi connectivity index (χ3n) is 6.78. The number of hydrogen-bond donors (Lipinski definition) is 3. The molecule has 0 bridgehead atoms. The van der Waals surface area contributed by atoms with Gasteiger partial charge in [-0.3, -0.25) is 9.69 Å². The number of carbonyl (C=O) groups is 1. The molecular formula is C28H35ClN6O2. The number of benzene rings is 2. The van der Waals surface area contributed by atoms with E-state index in [9.17, 15) is 4.79 Å². The lowest BCUT2D eigenvalue weighted by molar-refractivity contribution is 0.0963. The Labute approximate surface area is 223 Å². The van der Waals surface area contributed by atoms with Gasteiger partial charge in [-0.15, -0.1) is 0 Å². The first-order valence-electron chi connectivity index (χ1n) is 12.5. The maximum atomic E-state index is 12.2. The van der Waals surface area contributed by atoms with Crippen LogP contribution in [0.1, 0.15) is 55.5 Å². The van der Waals surface area contributed by atoms with Crippen molar-refractivity contribution in [3.05, 3.63) is 64.8 Å². The van der Waals surface area contributed by atoms with E-state index in [0.717, 1.165) is 37.4 Å². The van der Waals surface area contributed by atoms with E-state index in [0.29, 0.717) is 34.0 Å². The number of nitrogens with one attached hydrogen (secondary N) is 3. The van der Waals surface area contributed by atoms with Gasteiger partial charge in [0.25, 0.3) is 5.91 Å². The number of anilines is 4. The number of likely N-dealkylation sites (tertiary alicyclic amines) is 1. The highest BCUT2D eigenvalue weighted by molar-refractivity contribution is 6.33. The van der Waals surface area contributed by atoms with E-state index in [4.69, 9.17) is 16.3 Å². The molecule has 1 amide bonds. The molecular weight excluding hydrogens is 488 g/mol. The topological polar surface area (TPSA) is 91.4 Å². The number of hydrogen-bond acceptors (Lipinski definition) is 7. The molecule has 1 fully saturated rings. The van der Waals surface area contributed by atoms with E-state index < -0.39 is 0 Å². The van der Waals surface area contributed by atoms with Crippen LogP contribution in [0.3, 0.4) is 0 Å².